The van der Waals surface area contributed by atoms with Crippen LogP contribution in [-0.4, -0.2) is 19.1 Å². The number of nitrogens with one attached hydrogen (secondary N) is 1. The van der Waals surface area contributed by atoms with E-state index in [1.165, 1.54) is 30.4 Å². The van der Waals surface area contributed by atoms with E-state index >= 15 is 0 Å². The summed E-state index contributed by atoms with van der Waals surface area (Å²) >= 11 is 0. The Morgan fingerprint density at radius 1 is 1.32 bits per heavy atom. The predicted molar refractivity (Wildman–Crippen MR) is 76.5 cm³/mol. The third-order valence-electron chi connectivity index (χ3n) is 3.51. The van der Waals surface area contributed by atoms with Crippen LogP contribution < -0.4 is 10.1 Å². The van der Waals surface area contributed by atoms with Gasteiger partial charge in [0, 0.05) is 6.42 Å². The van der Waals surface area contributed by atoms with Gasteiger partial charge in [-0.3, -0.25) is 4.79 Å². The second-order valence-corrected chi connectivity index (χ2v) is 5.05. The molecular formula is C16H23NO2. The highest BCUT2D eigenvalue weighted by atomic mass is 16.5. The quantitative estimate of drug-likeness (QED) is 0.800. The maximum atomic E-state index is 11.3. The average Bonchev–Trinajstić information content (AvgIpc) is 2.44. The molecule has 1 N–H and O–H groups in total. The predicted octanol–water partition coefficient (Wildman–Crippen LogP) is 2.86. The van der Waals surface area contributed by atoms with Gasteiger partial charge in [-0.05, 0) is 49.3 Å². The van der Waals surface area contributed by atoms with Crippen LogP contribution in [0.3, 0.4) is 0 Å². The zero-order valence-corrected chi connectivity index (χ0v) is 11.7. The molecule has 0 spiro atoms. The van der Waals surface area contributed by atoms with Gasteiger partial charge in [-0.25, -0.2) is 0 Å². The molecule has 0 atom stereocenters. The molecule has 0 heterocycles. The van der Waals surface area contributed by atoms with Crippen LogP contribution in [0, 0.1) is 0 Å². The number of ether oxygens (including phenoxy) is 1. The van der Waals surface area contributed by atoms with Crippen molar-refractivity contribution in [3.63, 3.8) is 0 Å². The molecule has 1 amide bonds. The van der Waals surface area contributed by atoms with Crippen LogP contribution in [0.15, 0.2) is 18.2 Å². The second kappa shape index (κ2) is 7.17. The molecule has 0 bridgehead atoms. The molecule has 1 aliphatic rings. The highest BCUT2D eigenvalue weighted by molar-refractivity contribution is 5.75. The van der Waals surface area contributed by atoms with Crippen molar-refractivity contribution in [2.75, 3.05) is 13.2 Å². The maximum absolute atomic E-state index is 11.3. The molecule has 3 nitrogen and oxygen atoms in total. The van der Waals surface area contributed by atoms with Gasteiger partial charge < -0.3 is 10.1 Å². The van der Waals surface area contributed by atoms with Gasteiger partial charge in [0.05, 0.1) is 6.54 Å². The highest BCUT2D eigenvalue weighted by Gasteiger charge is 2.13. The molecule has 0 aromatic heterocycles. The Kier molecular flexibility index (Phi) is 5.25. The van der Waals surface area contributed by atoms with Crippen molar-refractivity contribution in [1.29, 1.82) is 0 Å². The summed E-state index contributed by atoms with van der Waals surface area (Å²) < 4.78 is 5.82. The Morgan fingerprint density at radius 2 is 2.16 bits per heavy atom. The summed E-state index contributed by atoms with van der Waals surface area (Å²) in [6.45, 7) is 3.14. The van der Waals surface area contributed by atoms with E-state index in [9.17, 15) is 4.79 Å². The number of fused-ring (bicyclic) bond motifs is 1. The van der Waals surface area contributed by atoms with E-state index in [1.807, 2.05) is 13.0 Å². The largest absolute Gasteiger partial charge is 0.491 e. The van der Waals surface area contributed by atoms with Gasteiger partial charge in [-0.1, -0.05) is 19.1 Å². The second-order valence-electron chi connectivity index (χ2n) is 5.05. The summed E-state index contributed by atoms with van der Waals surface area (Å²) in [7, 11) is 0. The van der Waals surface area contributed by atoms with Crippen molar-refractivity contribution in [2.45, 2.75) is 45.4 Å². The van der Waals surface area contributed by atoms with Crippen molar-refractivity contribution in [3.05, 3.63) is 29.3 Å². The maximum Gasteiger partial charge on any atom is 0.220 e. The van der Waals surface area contributed by atoms with Gasteiger partial charge in [0.1, 0.15) is 12.4 Å². The van der Waals surface area contributed by atoms with E-state index in [-0.39, 0.29) is 5.91 Å². The Bertz CT molecular complexity index is 429. The minimum absolute atomic E-state index is 0.112. The third-order valence-corrected chi connectivity index (χ3v) is 3.51. The number of hydrogen-bond acceptors (Lipinski definition) is 2. The summed E-state index contributed by atoms with van der Waals surface area (Å²) in [6.07, 6.45) is 6.30. The molecule has 19 heavy (non-hydrogen) atoms. The molecule has 0 radical (unpaired) electrons. The van der Waals surface area contributed by atoms with Crippen LogP contribution in [0.1, 0.15) is 43.7 Å². The number of aryl methyl sites for hydroxylation is 1. The van der Waals surface area contributed by atoms with E-state index in [1.54, 1.807) is 0 Å². The molecule has 0 saturated carbocycles. The molecule has 2 rings (SSSR count). The number of benzene rings is 1. The molecule has 0 fully saturated rings. The number of carbonyl (C=O) groups excluding carboxylic acids is 1. The van der Waals surface area contributed by atoms with Crippen LogP contribution >= 0.6 is 0 Å². The molecule has 1 aromatic rings. The fraction of sp³-hybridized carbons (Fsp3) is 0.562. The van der Waals surface area contributed by atoms with Gasteiger partial charge in [-0.15, -0.1) is 0 Å². The highest BCUT2D eigenvalue weighted by Crippen LogP contribution is 2.29. The lowest BCUT2D eigenvalue weighted by Crippen LogP contribution is -2.27. The number of rotatable bonds is 6. The van der Waals surface area contributed by atoms with Crippen molar-refractivity contribution < 1.29 is 9.53 Å². The Labute approximate surface area is 115 Å². The Hall–Kier alpha value is -1.51. The smallest absolute Gasteiger partial charge is 0.220 e. The van der Waals surface area contributed by atoms with Gasteiger partial charge in [0.15, 0.2) is 0 Å². The van der Waals surface area contributed by atoms with Crippen LogP contribution in [0.25, 0.3) is 0 Å². The lowest BCUT2D eigenvalue weighted by atomic mass is 9.91. The Morgan fingerprint density at radius 3 is 3.00 bits per heavy atom. The molecule has 104 valence electrons. The number of hydrogen-bond donors (Lipinski definition) is 1. The SMILES string of the molecule is CCCC(=O)NCCOc1cccc2c1CCCC2. The Balaban J connectivity index is 1.81. The number of carbonyl (C=O) groups is 1. The molecule has 1 aromatic carbocycles. The molecule has 0 aliphatic heterocycles. The van der Waals surface area contributed by atoms with Gasteiger partial charge >= 0.3 is 0 Å². The average molecular weight is 261 g/mol. The summed E-state index contributed by atoms with van der Waals surface area (Å²) in [5.41, 5.74) is 2.80. The normalized spacial score (nSPS) is 13.7. The van der Waals surface area contributed by atoms with Crippen molar-refractivity contribution >= 4 is 5.91 Å². The van der Waals surface area contributed by atoms with Crippen molar-refractivity contribution in [2.24, 2.45) is 0 Å². The summed E-state index contributed by atoms with van der Waals surface area (Å²) in [5, 5.41) is 2.87. The zero-order chi connectivity index (χ0) is 13.5. The lowest BCUT2D eigenvalue weighted by Gasteiger charge is -2.19. The monoisotopic (exact) mass is 261 g/mol. The van der Waals surface area contributed by atoms with Crippen LogP contribution in [-0.2, 0) is 17.6 Å². The van der Waals surface area contributed by atoms with Gasteiger partial charge in [0.2, 0.25) is 5.91 Å². The third kappa shape index (κ3) is 3.98. The first-order chi connectivity index (χ1) is 9.31. The minimum Gasteiger partial charge on any atom is -0.491 e. The van der Waals surface area contributed by atoms with Crippen molar-refractivity contribution in [1.82, 2.24) is 5.32 Å². The zero-order valence-electron chi connectivity index (χ0n) is 11.7. The fourth-order valence-electron chi connectivity index (χ4n) is 2.55. The minimum atomic E-state index is 0.112. The van der Waals surface area contributed by atoms with E-state index in [4.69, 9.17) is 4.74 Å². The van der Waals surface area contributed by atoms with E-state index < -0.39 is 0 Å². The first-order valence-corrected chi connectivity index (χ1v) is 7.31. The summed E-state index contributed by atoms with van der Waals surface area (Å²) in [5.74, 6) is 1.11. The molecular weight excluding hydrogens is 238 g/mol. The van der Waals surface area contributed by atoms with Crippen LogP contribution in [0.2, 0.25) is 0 Å². The van der Waals surface area contributed by atoms with Crippen LogP contribution in [0.5, 0.6) is 5.75 Å². The van der Waals surface area contributed by atoms with E-state index in [0.29, 0.717) is 19.6 Å². The molecule has 1 aliphatic carbocycles. The summed E-state index contributed by atoms with van der Waals surface area (Å²) in [4.78, 5) is 11.3. The van der Waals surface area contributed by atoms with Crippen molar-refractivity contribution in [3.8, 4) is 5.75 Å². The fourth-order valence-corrected chi connectivity index (χ4v) is 2.55. The van der Waals surface area contributed by atoms with E-state index in [0.717, 1.165) is 18.6 Å². The standard InChI is InChI=1S/C16H23NO2/c1-2-6-16(18)17-11-12-19-15-10-5-8-13-7-3-4-9-14(13)15/h5,8,10H,2-4,6-7,9,11-12H2,1H3,(H,17,18). The van der Waals surface area contributed by atoms with Gasteiger partial charge in [0.25, 0.3) is 0 Å². The summed E-state index contributed by atoms with van der Waals surface area (Å²) in [6, 6.07) is 6.30. The molecule has 0 unspecified atom stereocenters. The lowest BCUT2D eigenvalue weighted by molar-refractivity contribution is -0.121. The van der Waals surface area contributed by atoms with Gasteiger partial charge in [-0.2, -0.15) is 0 Å². The molecule has 3 heteroatoms. The topological polar surface area (TPSA) is 38.3 Å². The molecule has 0 saturated heterocycles. The first-order valence-electron chi connectivity index (χ1n) is 7.31. The van der Waals surface area contributed by atoms with E-state index in [2.05, 4.69) is 17.4 Å². The first kappa shape index (κ1) is 13.9. The number of amides is 1. The van der Waals surface area contributed by atoms with Crippen LogP contribution in [0.4, 0.5) is 0 Å².